The van der Waals surface area contributed by atoms with E-state index in [1.165, 1.54) is 5.56 Å². The normalized spacial score (nSPS) is 18.6. The minimum absolute atomic E-state index is 0.0869. The van der Waals surface area contributed by atoms with Crippen LogP contribution in [0.3, 0.4) is 0 Å². The molecule has 0 saturated carbocycles. The molecule has 9 heteroatoms. The van der Waals surface area contributed by atoms with Crippen molar-refractivity contribution >= 4 is 33.2 Å². The third-order valence-electron chi connectivity index (χ3n) is 4.43. The molecular weight excluding hydrogens is 374 g/mol. The Kier molecular flexibility index (Phi) is 5.93. The molecule has 0 bridgehead atoms. The fourth-order valence-corrected chi connectivity index (χ4v) is 4.93. The maximum Gasteiger partial charge on any atom is 0.247 e. The summed E-state index contributed by atoms with van der Waals surface area (Å²) in [6.07, 6.45) is 3.01. The molecule has 7 nitrogen and oxygen atoms in total. The van der Waals surface area contributed by atoms with E-state index in [1.807, 2.05) is 36.1 Å². The number of anilines is 2. The topological polar surface area (TPSA) is 88.1 Å². The first-order valence-corrected chi connectivity index (χ1v) is 10.8. The molecule has 2 heterocycles. The maximum atomic E-state index is 11.8. The van der Waals surface area contributed by atoms with Crippen LogP contribution in [-0.2, 0) is 16.3 Å². The van der Waals surface area contributed by atoms with Crippen molar-refractivity contribution in [2.24, 2.45) is 0 Å². The summed E-state index contributed by atoms with van der Waals surface area (Å²) in [6, 6.07) is 7.64. The van der Waals surface area contributed by atoms with E-state index in [0.29, 0.717) is 31.3 Å². The zero-order chi connectivity index (χ0) is 18.6. The van der Waals surface area contributed by atoms with E-state index in [1.54, 1.807) is 6.20 Å². The van der Waals surface area contributed by atoms with Crippen LogP contribution in [0.1, 0.15) is 18.9 Å². The Morgan fingerprint density at radius 1 is 1.31 bits per heavy atom. The summed E-state index contributed by atoms with van der Waals surface area (Å²) in [5.74, 6) is 1.47. The second-order valence-electron chi connectivity index (χ2n) is 6.29. The number of aromatic nitrogens is 3. The molecule has 1 fully saturated rings. The lowest BCUT2D eigenvalue weighted by atomic mass is 10.1. The van der Waals surface area contributed by atoms with Crippen LogP contribution in [0.2, 0.25) is 5.02 Å². The smallest absolute Gasteiger partial charge is 0.247 e. The van der Waals surface area contributed by atoms with Crippen LogP contribution in [0, 0.1) is 0 Å². The van der Waals surface area contributed by atoms with Gasteiger partial charge >= 0.3 is 0 Å². The third kappa shape index (κ3) is 4.82. The van der Waals surface area contributed by atoms with Crippen molar-refractivity contribution in [2.75, 3.05) is 34.8 Å². The Labute approximate surface area is 158 Å². The van der Waals surface area contributed by atoms with E-state index in [4.69, 9.17) is 11.6 Å². The molecule has 1 N–H and O–H groups in total. The van der Waals surface area contributed by atoms with Gasteiger partial charge < -0.3 is 10.2 Å². The molecule has 1 atom stereocenters. The van der Waals surface area contributed by atoms with Crippen molar-refractivity contribution in [1.29, 1.82) is 0 Å². The lowest BCUT2D eigenvalue weighted by molar-refractivity contribution is 0.598. The highest BCUT2D eigenvalue weighted by atomic mass is 35.5. The number of nitrogens with one attached hydrogen (secondary N) is 1. The molecule has 0 radical (unpaired) electrons. The van der Waals surface area contributed by atoms with E-state index in [0.717, 1.165) is 11.4 Å². The Morgan fingerprint density at radius 2 is 2.08 bits per heavy atom. The number of hydrogen-bond acceptors (Lipinski definition) is 7. The van der Waals surface area contributed by atoms with Gasteiger partial charge in [-0.25, -0.2) is 8.42 Å². The Morgan fingerprint density at radius 3 is 2.73 bits per heavy atom. The summed E-state index contributed by atoms with van der Waals surface area (Å²) in [4.78, 5) is 6.43. The predicted molar refractivity (Wildman–Crippen MR) is 104 cm³/mol. The highest BCUT2D eigenvalue weighted by Crippen LogP contribution is 2.21. The second kappa shape index (κ2) is 8.18. The number of benzene rings is 1. The highest BCUT2D eigenvalue weighted by Gasteiger charge is 2.33. The molecule has 1 aliphatic rings. The van der Waals surface area contributed by atoms with Gasteiger partial charge in [-0.05, 0) is 37.5 Å². The molecule has 0 aliphatic carbocycles. The largest absolute Gasteiger partial charge is 0.368 e. The van der Waals surface area contributed by atoms with E-state index < -0.39 is 9.84 Å². The lowest BCUT2D eigenvalue weighted by Crippen LogP contribution is -2.37. The number of sulfone groups is 1. The third-order valence-corrected chi connectivity index (χ3v) is 6.43. The molecule has 1 aromatic heterocycles. The molecule has 140 valence electrons. The van der Waals surface area contributed by atoms with Crippen molar-refractivity contribution in [3.8, 4) is 0 Å². The zero-order valence-electron chi connectivity index (χ0n) is 14.6. The SMILES string of the molecule is CCN(c1nncc(NCCc2ccc(Cl)cc2)n1)C1CCS(=O)(=O)C1. The van der Waals surface area contributed by atoms with Crippen LogP contribution in [0.25, 0.3) is 0 Å². The average molecular weight is 396 g/mol. The molecular formula is C17H22ClN5O2S. The minimum Gasteiger partial charge on any atom is -0.368 e. The Bertz CT molecular complexity index is 844. The predicted octanol–water partition coefficient (Wildman–Crippen LogP) is 2.19. The molecule has 3 rings (SSSR count). The summed E-state index contributed by atoms with van der Waals surface area (Å²) in [5.41, 5.74) is 1.18. The second-order valence-corrected chi connectivity index (χ2v) is 8.95. The minimum atomic E-state index is -2.96. The monoisotopic (exact) mass is 395 g/mol. The molecule has 1 aromatic carbocycles. The van der Waals surface area contributed by atoms with E-state index in [9.17, 15) is 8.42 Å². The van der Waals surface area contributed by atoms with Gasteiger partial charge in [0.25, 0.3) is 0 Å². The van der Waals surface area contributed by atoms with Crippen molar-refractivity contribution in [3.63, 3.8) is 0 Å². The molecule has 1 aliphatic heterocycles. The van der Waals surface area contributed by atoms with Crippen LogP contribution in [-0.4, -0.2) is 54.2 Å². The lowest BCUT2D eigenvalue weighted by Gasteiger charge is -2.26. The first kappa shape index (κ1) is 18.8. The van der Waals surface area contributed by atoms with Crippen molar-refractivity contribution in [1.82, 2.24) is 15.2 Å². The van der Waals surface area contributed by atoms with Crippen molar-refractivity contribution < 1.29 is 8.42 Å². The van der Waals surface area contributed by atoms with Crippen LogP contribution < -0.4 is 10.2 Å². The van der Waals surface area contributed by atoms with Gasteiger partial charge in [0.05, 0.1) is 17.7 Å². The first-order chi connectivity index (χ1) is 12.5. The van der Waals surface area contributed by atoms with E-state index >= 15 is 0 Å². The average Bonchev–Trinajstić information content (AvgIpc) is 2.97. The maximum absolute atomic E-state index is 11.8. The summed E-state index contributed by atoms with van der Waals surface area (Å²) >= 11 is 5.89. The highest BCUT2D eigenvalue weighted by molar-refractivity contribution is 7.91. The van der Waals surface area contributed by atoms with Gasteiger partial charge in [-0.3, -0.25) is 0 Å². The molecule has 0 amide bonds. The summed E-state index contributed by atoms with van der Waals surface area (Å²) in [6.45, 7) is 3.30. The van der Waals surface area contributed by atoms with Crippen LogP contribution in [0.5, 0.6) is 0 Å². The van der Waals surface area contributed by atoms with Gasteiger partial charge in [-0.15, -0.1) is 5.10 Å². The van der Waals surface area contributed by atoms with Gasteiger partial charge in [0.15, 0.2) is 15.7 Å². The fraction of sp³-hybridized carbons (Fsp3) is 0.471. The quantitative estimate of drug-likeness (QED) is 0.768. The van der Waals surface area contributed by atoms with Crippen LogP contribution >= 0.6 is 11.6 Å². The molecule has 1 saturated heterocycles. The standard InChI is InChI=1S/C17H22ClN5O2S/c1-2-23(15-8-10-26(24,25)12-15)17-21-16(11-20-22-17)19-9-7-13-3-5-14(18)6-4-13/h3-6,11,15H,2,7-10,12H2,1H3,(H,19,21,22). The summed E-state index contributed by atoms with van der Waals surface area (Å²) in [5, 5.41) is 12.1. The summed E-state index contributed by atoms with van der Waals surface area (Å²) in [7, 11) is -2.96. The fourth-order valence-electron chi connectivity index (χ4n) is 3.07. The van der Waals surface area contributed by atoms with Gasteiger partial charge in [-0.1, -0.05) is 23.7 Å². The van der Waals surface area contributed by atoms with Gasteiger partial charge in [0, 0.05) is 24.2 Å². The molecule has 2 aromatic rings. The van der Waals surface area contributed by atoms with Gasteiger partial charge in [0.1, 0.15) is 0 Å². The number of rotatable bonds is 7. The Hall–Kier alpha value is -1.93. The van der Waals surface area contributed by atoms with Crippen molar-refractivity contribution in [2.45, 2.75) is 25.8 Å². The zero-order valence-corrected chi connectivity index (χ0v) is 16.2. The first-order valence-electron chi connectivity index (χ1n) is 8.62. The molecule has 0 spiro atoms. The number of hydrogen-bond donors (Lipinski definition) is 1. The van der Waals surface area contributed by atoms with Gasteiger partial charge in [-0.2, -0.15) is 10.1 Å². The summed E-state index contributed by atoms with van der Waals surface area (Å²) < 4.78 is 23.5. The van der Waals surface area contributed by atoms with Gasteiger partial charge in [0.2, 0.25) is 5.95 Å². The number of nitrogens with zero attached hydrogens (tertiary/aromatic N) is 4. The van der Waals surface area contributed by atoms with Crippen LogP contribution in [0.15, 0.2) is 30.5 Å². The van der Waals surface area contributed by atoms with E-state index in [-0.39, 0.29) is 17.5 Å². The molecule has 1 unspecified atom stereocenters. The van der Waals surface area contributed by atoms with Crippen molar-refractivity contribution in [3.05, 3.63) is 41.0 Å². The Balaban J connectivity index is 1.62. The number of halogens is 1. The van der Waals surface area contributed by atoms with E-state index in [2.05, 4.69) is 20.5 Å². The van der Waals surface area contributed by atoms with Crippen LogP contribution in [0.4, 0.5) is 11.8 Å². The molecule has 26 heavy (non-hydrogen) atoms.